The number of aromatic carboxylic acids is 1. The van der Waals surface area contributed by atoms with E-state index in [1.807, 2.05) is 25.8 Å². The standard InChI is InChI=1S/C27H26F4N4O4/c1-14-12-35(13-15(2)34(14)3)23-7-5-16(18-8-17(26(38)39)4-6-21(18)28)9-22(23)33-25(37)19-11-32-24(36)10-20(19)27(29,30)31/h4-11,14-15H,12-13H2,1-3H3,(H,32,36)(H,33,37)(H,38,39)/t14-,15+. The van der Waals surface area contributed by atoms with E-state index in [1.165, 1.54) is 6.07 Å². The van der Waals surface area contributed by atoms with Gasteiger partial charge in [-0.2, -0.15) is 13.2 Å². The van der Waals surface area contributed by atoms with Gasteiger partial charge in [0, 0.05) is 43.0 Å². The Hall–Kier alpha value is -4.19. The summed E-state index contributed by atoms with van der Waals surface area (Å²) >= 11 is 0. The Bertz CT molecular complexity index is 1480. The average molecular weight is 547 g/mol. The molecule has 0 radical (unpaired) electrons. The second-order valence-corrected chi connectivity index (χ2v) is 9.58. The molecule has 12 heteroatoms. The van der Waals surface area contributed by atoms with E-state index < -0.39 is 40.6 Å². The number of halogens is 4. The van der Waals surface area contributed by atoms with Crippen LogP contribution >= 0.6 is 0 Å². The number of H-pyrrole nitrogens is 1. The third kappa shape index (κ3) is 5.80. The summed E-state index contributed by atoms with van der Waals surface area (Å²) in [5.74, 6) is -3.11. The minimum atomic E-state index is -4.96. The number of benzene rings is 2. The van der Waals surface area contributed by atoms with E-state index in [0.29, 0.717) is 31.0 Å². The van der Waals surface area contributed by atoms with E-state index in [9.17, 15) is 37.1 Å². The number of aromatic nitrogens is 1. The van der Waals surface area contributed by atoms with Gasteiger partial charge in [0.2, 0.25) is 5.56 Å². The summed E-state index contributed by atoms with van der Waals surface area (Å²) in [6, 6.07) is 8.35. The molecule has 2 atom stereocenters. The highest BCUT2D eigenvalue weighted by atomic mass is 19.4. The summed E-state index contributed by atoms with van der Waals surface area (Å²) in [5.41, 5.74) is -2.63. The van der Waals surface area contributed by atoms with Crippen molar-refractivity contribution in [1.29, 1.82) is 0 Å². The van der Waals surface area contributed by atoms with Crippen LogP contribution in [0, 0.1) is 5.82 Å². The Morgan fingerprint density at radius 2 is 1.72 bits per heavy atom. The molecule has 2 heterocycles. The van der Waals surface area contributed by atoms with Crippen LogP contribution in [-0.2, 0) is 6.18 Å². The molecule has 8 nitrogen and oxygen atoms in total. The monoisotopic (exact) mass is 546 g/mol. The molecule has 0 spiro atoms. The lowest BCUT2D eigenvalue weighted by Crippen LogP contribution is -2.55. The first-order chi connectivity index (χ1) is 18.3. The molecular weight excluding hydrogens is 520 g/mol. The van der Waals surface area contributed by atoms with E-state index in [2.05, 4.69) is 15.2 Å². The minimum Gasteiger partial charge on any atom is -0.478 e. The number of nitrogens with zero attached hydrogens (tertiary/aromatic N) is 2. The summed E-state index contributed by atoms with van der Waals surface area (Å²) in [5, 5.41) is 11.8. The zero-order valence-corrected chi connectivity index (χ0v) is 21.3. The van der Waals surface area contributed by atoms with Gasteiger partial charge in [-0.3, -0.25) is 14.5 Å². The van der Waals surface area contributed by atoms with Crippen LogP contribution < -0.4 is 15.8 Å². The number of likely N-dealkylation sites (N-methyl/N-ethyl adjacent to an activating group) is 1. The Morgan fingerprint density at radius 3 is 2.33 bits per heavy atom. The van der Waals surface area contributed by atoms with Crippen LogP contribution in [-0.4, -0.2) is 59.1 Å². The van der Waals surface area contributed by atoms with Gasteiger partial charge in [-0.05, 0) is 56.8 Å². The summed E-state index contributed by atoms with van der Waals surface area (Å²) < 4.78 is 55.6. The fraction of sp³-hybridized carbons (Fsp3) is 0.296. The van der Waals surface area contributed by atoms with Crippen molar-refractivity contribution in [3.05, 3.63) is 81.5 Å². The first-order valence-corrected chi connectivity index (χ1v) is 12.0. The fourth-order valence-electron chi connectivity index (χ4n) is 4.64. The summed E-state index contributed by atoms with van der Waals surface area (Å²) in [4.78, 5) is 42.4. The predicted molar refractivity (Wildman–Crippen MR) is 138 cm³/mol. The minimum absolute atomic E-state index is 0.0583. The summed E-state index contributed by atoms with van der Waals surface area (Å²) in [6.07, 6.45) is -4.27. The van der Waals surface area contributed by atoms with E-state index in [0.717, 1.165) is 18.2 Å². The van der Waals surface area contributed by atoms with Crippen LogP contribution in [0.3, 0.4) is 0 Å². The van der Waals surface area contributed by atoms with Crippen molar-refractivity contribution in [3.8, 4) is 11.1 Å². The third-order valence-electron chi connectivity index (χ3n) is 6.94. The van der Waals surface area contributed by atoms with Gasteiger partial charge in [0.25, 0.3) is 5.91 Å². The quantitative estimate of drug-likeness (QED) is 0.402. The van der Waals surface area contributed by atoms with Crippen LogP contribution in [0.5, 0.6) is 0 Å². The van der Waals surface area contributed by atoms with E-state index in [-0.39, 0.29) is 34.5 Å². The fourth-order valence-corrected chi connectivity index (χ4v) is 4.64. The molecule has 1 aliphatic heterocycles. The van der Waals surface area contributed by atoms with Gasteiger partial charge in [-0.25, -0.2) is 9.18 Å². The van der Waals surface area contributed by atoms with Crippen molar-refractivity contribution in [2.24, 2.45) is 0 Å². The largest absolute Gasteiger partial charge is 0.478 e. The van der Waals surface area contributed by atoms with Crippen molar-refractivity contribution < 1.29 is 32.3 Å². The number of carbonyl (C=O) groups is 2. The number of carboxylic acids is 1. The number of alkyl halides is 3. The molecule has 206 valence electrons. The maximum absolute atomic E-state index is 14.7. The van der Waals surface area contributed by atoms with Crippen LogP contribution in [0.15, 0.2) is 53.5 Å². The summed E-state index contributed by atoms with van der Waals surface area (Å²) in [6.45, 7) is 5.10. The number of carboxylic acid groups (broad SMARTS) is 1. The van der Waals surface area contributed by atoms with Gasteiger partial charge in [0.05, 0.1) is 28.1 Å². The number of hydrogen-bond acceptors (Lipinski definition) is 5. The van der Waals surface area contributed by atoms with Crippen molar-refractivity contribution in [2.45, 2.75) is 32.1 Å². The van der Waals surface area contributed by atoms with Gasteiger partial charge in [-0.15, -0.1) is 0 Å². The molecule has 2 aromatic carbocycles. The SMILES string of the molecule is C[C@@H]1CN(c2ccc(-c3cc(C(=O)O)ccc3F)cc2NC(=O)c2c[nH]c(=O)cc2C(F)(F)F)C[C@H](C)N1C. The lowest BCUT2D eigenvalue weighted by molar-refractivity contribution is -0.138. The van der Waals surface area contributed by atoms with Crippen molar-refractivity contribution in [2.75, 3.05) is 30.4 Å². The van der Waals surface area contributed by atoms with Crippen LogP contribution in [0.4, 0.5) is 28.9 Å². The number of amides is 1. The molecule has 0 bridgehead atoms. The van der Waals surface area contributed by atoms with Gasteiger partial charge in [-0.1, -0.05) is 6.07 Å². The molecule has 4 rings (SSSR count). The predicted octanol–water partition coefficient (Wildman–Crippen LogP) is 4.68. The molecule has 1 aliphatic rings. The first kappa shape index (κ1) is 27.8. The molecule has 0 saturated carbocycles. The lowest BCUT2D eigenvalue weighted by atomic mass is 9.99. The maximum Gasteiger partial charge on any atom is 0.417 e. The first-order valence-electron chi connectivity index (χ1n) is 12.0. The molecule has 39 heavy (non-hydrogen) atoms. The number of piperazine rings is 1. The highest BCUT2D eigenvalue weighted by molar-refractivity contribution is 6.07. The molecule has 1 aromatic heterocycles. The van der Waals surface area contributed by atoms with E-state index in [1.54, 1.807) is 12.1 Å². The second-order valence-electron chi connectivity index (χ2n) is 9.58. The lowest BCUT2D eigenvalue weighted by Gasteiger charge is -2.44. The highest BCUT2D eigenvalue weighted by Crippen LogP contribution is 2.36. The molecule has 0 unspecified atom stereocenters. The van der Waals surface area contributed by atoms with Crippen LogP contribution in [0.2, 0.25) is 0 Å². The van der Waals surface area contributed by atoms with Crippen molar-refractivity contribution in [3.63, 3.8) is 0 Å². The maximum atomic E-state index is 14.7. The van der Waals surface area contributed by atoms with E-state index in [4.69, 9.17) is 0 Å². The number of nitrogens with one attached hydrogen (secondary N) is 2. The molecule has 3 N–H and O–H groups in total. The Morgan fingerprint density at radius 1 is 1.05 bits per heavy atom. The number of carbonyl (C=O) groups excluding carboxylic acids is 1. The summed E-state index contributed by atoms with van der Waals surface area (Å²) in [7, 11) is 1.98. The molecule has 1 amide bonds. The smallest absolute Gasteiger partial charge is 0.417 e. The van der Waals surface area contributed by atoms with Gasteiger partial charge in [0.15, 0.2) is 0 Å². The van der Waals surface area contributed by atoms with E-state index >= 15 is 0 Å². The average Bonchev–Trinajstić information content (AvgIpc) is 2.86. The van der Waals surface area contributed by atoms with Crippen molar-refractivity contribution >= 4 is 23.3 Å². The topological polar surface area (TPSA) is 106 Å². The van der Waals surface area contributed by atoms with Gasteiger partial charge < -0.3 is 20.3 Å². The highest BCUT2D eigenvalue weighted by Gasteiger charge is 2.36. The van der Waals surface area contributed by atoms with Gasteiger partial charge in [0.1, 0.15) is 5.82 Å². The number of hydrogen-bond donors (Lipinski definition) is 3. The number of anilines is 2. The Balaban J connectivity index is 1.82. The zero-order chi connectivity index (χ0) is 28.6. The molecular formula is C27H26F4N4O4. The van der Waals surface area contributed by atoms with Gasteiger partial charge >= 0.3 is 12.1 Å². The van der Waals surface area contributed by atoms with Crippen LogP contribution in [0.25, 0.3) is 11.1 Å². The van der Waals surface area contributed by atoms with Crippen molar-refractivity contribution in [1.82, 2.24) is 9.88 Å². The molecule has 3 aromatic rings. The molecule has 0 aliphatic carbocycles. The Labute approximate surface area is 220 Å². The third-order valence-corrected chi connectivity index (χ3v) is 6.94. The Kier molecular flexibility index (Phi) is 7.51. The normalized spacial score (nSPS) is 18.2. The number of rotatable bonds is 5. The zero-order valence-electron chi connectivity index (χ0n) is 21.3. The molecule has 1 saturated heterocycles. The van der Waals surface area contributed by atoms with Crippen LogP contribution in [0.1, 0.15) is 40.1 Å². The number of pyridine rings is 1. The number of aromatic amines is 1. The molecule has 1 fully saturated rings. The second kappa shape index (κ2) is 10.5.